The van der Waals surface area contributed by atoms with Crippen molar-refractivity contribution in [3.05, 3.63) is 139 Å². The number of aliphatic carboxylic acids is 1. The Kier molecular flexibility index (Phi) is 12.9. The van der Waals surface area contributed by atoms with Crippen LogP contribution in [0, 0.1) is 30.3 Å². The summed E-state index contributed by atoms with van der Waals surface area (Å²) < 4.78 is 0. The summed E-state index contributed by atoms with van der Waals surface area (Å²) in [5.74, 6) is -1.01. The summed E-state index contributed by atoms with van der Waals surface area (Å²) >= 11 is 0. The van der Waals surface area contributed by atoms with Gasteiger partial charge in [0, 0.05) is 59.9 Å². The van der Waals surface area contributed by atoms with Crippen LogP contribution in [-0.4, -0.2) is 47.1 Å². The SMILES string of the molecule is O=[N+]([O-])c1ccc(O)cc1.O=[N+]([O-])c1ccc(O)cc1.O=[N+]([O-])c1ccc(O)cc1.[NH3+][C@@H](Cc1c[nH]c2ccccc12)C(=O)[O-]. The Labute approximate surface area is 253 Å². The van der Waals surface area contributed by atoms with Crippen molar-refractivity contribution in [3.63, 3.8) is 0 Å². The number of quaternary nitrogens is 1. The highest BCUT2D eigenvalue weighted by Crippen LogP contribution is 2.19. The van der Waals surface area contributed by atoms with Crippen molar-refractivity contribution in [1.82, 2.24) is 4.98 Å². The predicted octanol–water partition coefficient (Wildman–Crippen LogP) is 2.97. The zero-order chi connectivity index (χ0) is 33.5. The number of aromatic hydroxyl groups is 3. The summed E-state index contributed by atoms with van der Waals surface area (Å²) in [4.78, 5) is 42.2. The first kappa shape index (κ1) is 34.7. The maximum atomic E-state index is 10.6. The number of hydrogen-bond acceptors (Lipinski definition) is 11. The number of aromatic nitrogens is 1. The number of para-hydroxylation sites is 1. The standard InChI is InChI=1S/C11H12N2O2.3C6H5NO3/c12-9(11(14)15)5-7-6-13-10-4-2-1-3-8(7)10;3*8-6-3-1-5(2-4-6)7(9)10/h1-4,6,9,13H,5,12H2,(H,14,15);3*1-4,8H/t9-;;;/m0.../s1. The molecule has 0 radical (unpaired) electrons. The summed E-state index contributed by atoms with van der Waals surface area (Å²) in [6, 6.07) is 22.2. The van der Waals surface area contributed by atoms with Gasteiger partial charge in [-0.25, -0.2) is 0 Å². The fourth-order valence-electron chi connectivity index (χ4n) is 3.37. The molecule has 0 aliphatic rings. The van der Waals surface area contributed by atoms with E-state index in [4.69, 9.17) is 15.3 Å². The minimum Gasteiger partial charge on any atom is -0.544 e. The van der Waals surface area contributed by atoms with Crippen LogP contribution in [-0.2, 0) is 11.2 Å². The summed E-state index contributed by atoms with van der Waals surface area (Å²) in [7, 11) is 0. The number of fused-ring (bicyclic) bond motifs is 1. The van der Waals surface area contributed by atoms with Crippen molar-refractivity contribution in [1.29, 1.82) is 0 Å². The van der Waals surface area contributed by atoms with Crippen LogP contribution in [0.15, 0.2) is 103 Å². The Balaban J connectivity index is 0.000000213. The number of carbonyl (C=O) groups is 1. The lowest BCUT2D eigenvalue weighted by Gasteiger charge is -2.07. The lowest BCUT2D eigenvalue weighted by molar-refractivity contribution is -0.436. The maximum absolute atomic E-state index is 10.6. The molecule has 234 valence electrons. The Morgan fingerprint density at radius 1 is 0.667 bits per heavy atom. The minimum atomic E-state index is -1.11. The van der Waals surface area contributed by atoms with E-state index in [0.717, 1.165) is 16.5 Å². The molecule has 0 unspecified atom stereocenters. The number of carbonyl (C=O) groups excluding carboxylic acids is 1. The molecule has 0 aliphatic heterocycles. The number of carboxylic acid groups (broad SMARTS) is 1. The number of carboxylic acids is 1. The minimum absolute atomic E-state index is 0.0159. The van der Waals surface area contributed by atoms with Crippen LogP contribution in [0.25, 0.3) is 10.9 Å². The highest BCUT2D eigenvalue weighted by Gasteiger charge is 2.11. The molecule has 1 atom stereocenters. The van der Waals surface area contributed by atoms with Gasteiger partial charge in [-0.1, -0.05) is 18.2 Å². The number of nitrogens with one attached hydrogen (secondary N) is 1. The summed E-state index contributed by atoms with van der Waals surface area (Å²) in [6.07, 6.45) is 2.22. The molecule has 0 spiro atoms. The molecule has 0 saturated carbocycles. The van der Waals surface area contributed by atoms with Gasteiger partial charge in [0.1, 0.15) is 23.3 Å². The molecule has 4 aromatic carbocycles. The average molecular weight is 622 g/mol. The van der Waals surface area contributed by atoms with Gasteiger partial charge in [0.05, 0.1) is 20.7 Å². The second kappa shape index (κ2) is 16.8. The summed E-state index contributed by atoms with van der Waals surface area (Å²) in [5.41, 5.74) is 5.48. The number of nitrogens with zero attached hydrogens (tertiary/aromatic N) is 3. The van der Waals surface area contributed by atoms with Crippen LogP contribution in [0.5, 0.6) is 17.2 Å². The third-order valence-electron chi connectivity index (χ3n) is 5.66. The fourth-order valence-corrected chi connectivity index (χ4v) is 3.37. The van der Waals surface area contributed by atoms with Crippen molar-refractivity contribution in [3.8, 4) is 17.2 Å². The van der Waals surface area contributed by atoms with Gasteiger partial charge in [-0.05, 0) is 48.0 Å². The Morgan fingerprint density at radius 3 is 1.36 bits per heavy atom. The highest BCUT2D eigenvalue weighted by molar-refractivity contribution is 5.83. The Bertz CT molecular complexity index is 1590. The zero-order valence-electron chi connectivity index (χ0n) is 23.3. The predicted molar refractivity (Wildman–Crippen MR) is 158 cm³/mol. The molecular formula is C29H27N5O11. The first-order chi connectivity index (χ1) is 21.3. The Morgan fingerprint density at radius 2 is 1.02 bits per heavy atom. The molecule has 1 heterocycles. The molecule has 0 saturated heterocycles. The zero-order valence-corrected chi connectivity index (χ0v) is 23.3. The number of phenolic OH excluding ortho intramolecular Hbond substituents is 3. The van der Waals surface area contributed by atoms with E-state index in [1.807, 2.05) is 30.5 Å². The van der Waals surface area contributed by atoms with Crippen LogP contribution in [0.2, 0.25) is 0 Å². The smallest absolute Gasteiger partial charge is 0.269 e. The van der Waals surface area contributed by atoms with Crippen molar-refractivity contribution >= 4 is 33.9 Å². The first-order valence-corrected chi connectivity index (χ1v) is 12.7. The summed E-state index contributed by atoms with van der Waals surface area (Å²) in [6.45, 7) is 0. The number of aromatic amines is 1. The van der Waals surface area contributed by atoms with Crippen molar-refractivity contribution < 1.29 is 45.7 Å². The van der Waals surface area contributed by atoms with Crippen LogP contribution >= 0.6 is 0 Å². The van der Waals surface area contributed by atoms with Gasteiger partial charge >= 0.3 is 0 Å². The molecule has 16 nitrogen and oxygen atoms in total. The van der Waals surface area contributed by atoms with Crippen LogP contribution in [0.3, 0.4) is 0 Å². The Hall–Kier alpha value is -6.55. The number of rotatable bonds is 6. The van der Waals surface area contributed by atoms with E-state index in [1.165, 1.54) is 72.8 Å². The van der Waals surface area contributed by atoms with Crippen LogP contribution in [0.4, 0.5) is 17.1 Å². The second-order valence-corrected chi connectivity index (χ2v) is 8.90. The van der Waals surface area contributed by atoms with Crippen LogP contribution < -0.4 is 10.8 Å². The number of nitro groups is 3. The number of phenols is 3. The third kappa shape index (κ3) is 11.7. The van der Waals surface area contributed by atoms with Gasteiger partial charge < -0.3 is 35.9 Å². The quantitative estimate of drug-likeness (QED) is 0.136. The largest absolute Gasteiger partial charge is 0.544 e. The molecule has 45 heavy (non-hydrogen) atoms. The number of benzene rings is 4. The van der Waals surface area contributed by atoms with Crippen molar-refractivity contribution in [2.24, 2.45) is 0 Å². The molecular weight excluding hydrogens is 594 g/mol. The lowest BCUT2D eigenvalue weighted by atomic mass is 10.1. The van der Waals surface area contributed by atoms with Crippen molar-refractivity contribution in [2.45, 2.75) is 12.5 Å². The van der Waals surface area contributed by atoms with E-state index in [-0.39, 0.29) is 34.3 Å². The topological polar surface area (TPSA) is 274 Å². The molecule has 0 bridgehead atoms. The number of nitro benzene ring substituents is 3. The van der Waals surface area contributed by atoms with E-state index < -0.39 is 26.8 Å². The molecule has 5 aromatic rings. The van der Waals surface area contributed by atoms with E-state index >= 15 is 0 Å². The maximum Gasteiger partial charge on any atom is 0.269 e. The molecule has 5 rings (SSSR count). The monoisotopic (exact) mass is 621 g/mol. The average Bonchev–Trinajstić information content (AvgIpc) is 3.41. The van der Waals surface area contributed by atoms with Gasteiger partial charge in [0.2, 0.25) is 0 Å². The molecule has 1 aromatic heterocycles. The molecule has 0 aliphatic carbocycles. The first-order valence-electron chi connectivity index (χ1n) is 12.7. The van der Waals surface area contributed by atoms with E-state index in [0.29, 0.717) is 6.42 Å². The fraction of sp³-hybridized carbons (Fsp3) is 0.0690. The second-order valence-electron chi connectivity index (χ2n) is 8.90. The normalized spacial score (nSPS) is 10.4. The van der Waals surface area contributed by atoms with E-state index in [1.54, 1.807) is 0 Å². The van der Waals surface area contributed by atoms with Crippen molar-refractivity contribution in [2.75, 3.05) is 0 Å². The van der Waals surface area contributed by atoms with Gasteiger partial charge in [0.15, 0.2) is 0 Å². The number of H-pyrrole nitrogens is 1. The van der Waals surface area contributed by atoms with Gasteiger partial charge in [0.25, 0.3) is 17.1 Å². The highest BCUT2D eigenvalue weighted by atomic mass is 16.6. The van der Waals surface area contributed by atoms with Gasteiger partial charge in [-0.15, -0.1) is 0 Å². The molecule has 0 amide bonds. The summed E-state index contributed by atoms with van der Waals surface area (Å²) in [5, 5.41) is 67.9. The van der Waals surface area contributed by atoms with E-state index in [2.05, 4.69) is 10.7 Å². The molecule has 0 fully saturated rings. The number of non-ortho nitro benzene ring substituents is 3. The lowest BCUT2D eigenvalue weighted by Crippen LogP contribution is -2.69. The molecule has 7 N–H and O–H groups in total. The number of hydrogen-bond donors (Lipinski definition) is 5. The van der Waals surface area contributed by atoms with Gasteiger partial charge in [-0.3, -0.25) is 30.3 Å². The van der Waals surface area contributed by atoms with Gasteiger partial charge in [-0.2, -0.15) is 0 Å². The third-order valence-corrected chi connectivity index (χ3v) is 5.66. The van der Waals surface area contributed by atoms with E-state index in [9.17, 15) is 40.2 Å². The molecule has 16 heteroatoms. The van der Waals surface area contributed by atoms with Crippen LogP contribution in [0.1, 0.15) is 5.56 Å².